The van der Waals surface area contributed by atoms with Crippen LogP contribution in [0.15, 0.2) is 22.8 Å². The lowest BCUT2D eigenvalue weighted by Gasteiger charge is -2.31. The van der Waals surface area contributed by atoms with E-state index in [9.17, 15) is 4.79 Å². The summed E-state index contributed by atoms with van der Waals surface area (Å²) in [6, 6.07) is 5.97. The molecule has 86 valence electrons. The van der Waals surface area contributed by atoms with Crippen molar-refractivity contribution < 1.29 is 4.79 Å². The van der Waals surface area contributed by atoms with E-state index in [0.717, 1.165) is 36.2 Å². The normalized spacial score (nSPS) is 20.9. The zero-order chi connectivity index (χ0) is 11.5. The Morgan fingerprint density at radius 2 is 2.38 bits per heavy atom. The minimum absolute atomic E-state index is 0.166. The van der Waals surface area contributed by atoms with Crippen molar-refractivity contribution in [3.8, 4) is 0 Å². The molecule has 2 heterocycles. The van der Waals surface area contributed by atoms with Crippen LogP contribution in [0.2, 0.25) is 0 Å². The molecule has 1 saturated heterocycles. The number of rotatable bonds is 1. The second kappa shape index (κ2) is 4.95. The Morgan fingerprint density at radius 3 is 3.06 bits per heavy atom. The number of hydrogen-bond acceptors (Lipinski definition) is 2. The molecule has 16 heavy (non-hydrogen) atoms. The molecule has 1 aromatic heterocycles. The molecule has 0 N–H and O–H groups in total. The molecule has 0 bridgehead atoms. The van der Waals surface area contributed by atoms with Gasteiger partial charge in [0.15, 0.2) is 0 Å². The van der Waals surface area contributed by atoms with Crippen LogP contribution in [0.5, 0.6) is 0 Å². The fraction of sp³-hybridized carbons (Fsp3) is 0.500. The zero-order valence-electron chi connectivity index (χ0n) is 9.32. The maximum atomic E-state index is 11.3. The van der Waals surface area contributed by atoms with Gasteiger partial charge in [-0.2, -0.15) is 0 Å². The number of amides is 1. The summed E-state index contributed by atoms with van der Waals surface area (Å²) in [4.78, 5) is 17.7. The van der Waals surface area contributed by atoms with Gasteiger partial charge in [0.1, 0.15) is 4.60 Å². The van der Waals surface area contributed by atoms with E-state index in [2.05, 4.69) is 20.9 Å². The van der Waals surface area contributed by atoms with Gasteiger partial charge in [0.25, 0.3) is 0 Å². The largest absolute Gasteiger partial charge is 0.342 e. The van der Waals surface area contributed by atoms with Crippen LogP contribution in [0.1, 0.15) is 31.4 Å². The average Bonchev–Trinajstić information content (AvgIpc) is 2.29. The van der Waals surface area contributed by atoms with Crippen molar-refractivity contribution in [2.24, 2.45) is 0 Å². The van der Waals surface area contributed by atoms with Crippen molar-refractivity contribution in [1.29, 1.82) is 0 Å². The fourth-order valence-electron chi connectivity index (χ4n) is 2.16. The first-order valence-electron chi connectivity index (χ1n) is 5.55. The van der Waals surface area contributed by atoms with Gasteiger partial charge in [0, 0.05) is 31.6 Å². The van der Waals surface area contributed by atoms with Crippen molar-refractivity contribution in [3.05, 3.63) is 28.5 Å². The van der Waals surface area contributed by atoms with Gasteiger partial charge in [-0.1, -0.05) is 6.07 Å². The van der Waals surface area contributed by atoms with E-state index >= 15 is 0 Å². The number of likely N-dealkylation sites (tertiary alicyclic amines) is 1. The SMILES string of the molecule is CC(=O)N1CCC[C@H](c2cccc(Br)n2)C1. The Labute approximate surface area is 104 Å². The number of pyridine rings is 1. The number of piperidine rings is 1. The van der Waals surface area contributed by atoms with Crippen LogP contribution < -0.4 is 0 Å². The summed E-state index contributed by atoms with van der Waals surface area (Å²) in [5.74, 6) is 0.551. The van der Waals surface area contributed by atoms with Gasteiger partial charge < -0.3 is 4.90 Å². The number of halogens is 1. The zero-order valence-corrected chi connectivity index (χ0v) is 10.9. The van der Waals surface area contributed by atoms with Crippen LogP contribution in [-0.2, 0) is 4.79 Å². The molecule has 1 amide bonds. The molecule has 0 saturated carbocycles. The van der Waals surface area contributed by atoms with Crippen LogP contribution in [-0.4, -0.2) is 28.9 Å². The van der Waals surface area contributed by atoms with Gasteiger partial charge in [0.05, 0.1) is 0 Å². The lowest BCUT2D eigenvalue weighted by Crippen LogP contribution is -2.37. The van der Waals surface area contributed by atoms with E-state index in [4.69, 9.17) is 0 Å². The summed E-state index contributed by atoms with van der Waals surface area (Å²) in [5.41, 5.74) is 1.08. The molecule has 0 aromatic carbocycles. The molecule has 1 aliphatic heterocycles. The smallest absolute Gasteiger partial charge is 0.219 e. The first-order chi connectivity index (χ1) is 7.66. The number of hydrogen-bond donors (Lipinski definition) is 0. The minimum Gasteiger partial charge on any atom is -0.342 e. The standard InChI is InChI=1S/C12H15BrN2O/c1-9(16)15-7-3-4-10(8-15)11-5-2-6-12(13)14-11/h2,5-6,10H,3-4,7-8H2,1H3/t10-/m0/s1. The van der Waals surface area contributed by atoms with Crippen molar-refractivity contribution in [3.63, 3.8) is 0 Å². The third-order valence-electron chi connectivity index (χ3n) is 3.02. The second-order valence-electron chi connectivity index (χ2n) is 4.19. The molecule has 0 unspecified atom stereocenters. The topological polar surface area (TPSA) is 33.2 Å². The average molecular weight is 283 g/mol. The summed E-state index contributed by atoms with van der Waals surface area (Å²) >= 11 is 3.38. The summed E-state index contributed by atoms with van der Waals surface area (Å²) in [6.45, 7) is 3.33. The molecule has 3 nitrogen and oxygen atoms in total. The Hall–Kier alpha value is -0.900. The molecule has 4 heteroatoms. The van der Waals surface area contributed by atoms with E-state index < -0.39 is 0 Å². The van der Waals surface area contributed by atoms with E-state index in [-0.39, 0.29) is 5.91 Å². The van der Waals surface area contributed by atoms with Crippen molar-refractivity contribution in [2.45, 2.75) is 25.7 Å². The summed E-state index contributed by atoms with van der Waals surface area (Å²) in [5, 5.41) is 0. The van der Waals surface area contributed by atoms with Crippen LogP contribution in [0.25, 0.3) is 0 Å². The van der Waals surface area contributed by atoms with Crippen molar-refractivity contribution in [2.75, 3.05) is 13.1 Å². The first-order valence-corrected chi connectivity index (χ1v) is 6.34. The highest BCUT2D eigenvalue weighted by molar-refractivity contribution is 9.10. The molecule has 1 aliphatic rings. The van der Waals surface area contributed by atoms with Crippen LogP contribution in [0.4, 0.5) is 0 Å². The maximum Gasteiger partial charge on any atom is 0.219 e. The lowest BCUT2D eigenvalue weighted by molar-refractivity contribution is -0.130. The van der Waals surface area contributed by atoms with Crippen LogP contribution >= 0.6 is 15.9 Å². The molecule has 2 rings (SSSR count). The highest BCUT2D eigenvalue weighted by atomic mass is 79.9. The summed E-state index contributed by atoms with van der Waals surface area (Å²) < 4.78 is 0.866. The summed E-state index contributed by atoms with van der Waals surface area (Å²) in [6.07, 6.45) is 2.19. The third-order valence-corrected chi connectivity index (χ3v) is 3.46. The third kappa shape index (κ3) is 2.61. The first kappa shape index (κ1) is 11.6. The van der Waals surface area contributed by atoms with Crippen molar-refractivity contribution >= 4 is 21.8 Å². The highest BCUT2D eigenvalue weighted by Gasteiger charge is 2.23. The second-order valence-corrected chi connectivity index (χ2v) is 5.00. The molecule has 1 atom stereocenters. The van der Waals surface area contributed by atoms with E-state index in [1.54, 1.807) is 6.92 Å². The Bertz CT molecular complexity index is 394. The Kier molecular flexibility index (Phi) is 3.59. The molecule has 1 aromatic rings. The molecule has 0 aliphatic carbocycles. The maximum absolute atomic E-state index is 11.3. The molecular weight excluding hydrogens is 268 g/mol. The van der Waals surface area contributed by atoms with Gasteiger partial charge in [-0.05, 0) is 40.9 Å². The molecule has 1 fully saturated rings. The Balaban J connectivity index is 2.12. The predicted molar refractivity (Wildman–Crippen MR) is 66.2 cm³/mol. The minimum atomic E-state index is 0.166. The number of nitrogens with zero attached hydrogens (tertiary/aromatic N) is 2. The fourth-order valence-corrected chi connectivity index (χ4v) is 2.51. The van der Waals surface area contributed by atoms with Crippen molar-refractivity contribution in [1.82, 2.24) is 9.88 Å². The van der Waals surface area contributed by atoms with Gasteiger partial charge in [0.2, 0.25) is 5.91 Å². The summed E-state index contributed by atoms with van der Waals surface area (Å²) in [7, 11) is 0. The van der Waals surface area contributed by atoms with Gasteiger partial charge >= 0.3 is 0 Å². The van der Waals surface area contributed by atoms with E-state index in [0.29, 0.717) is 5.92 Å². The Morgan fingerprint density at radius 1 is 1.56 bits per heavy atom. The van der Waals surface area contributed by atoms with Crippen LogP contribution in [0.3, 0.4) is 0 Å². The predicted octanol–water partition coefficient (Wildman–Crippen LogP) is 2.57. The quantitative estimate of drug-likeness (QED) is 0.742. The monoisotopic (exact) mass is 282 g/mol. The number of carbonyl (C=O) groups is 1. The number of carbonyl (C=O) groups excluding carboxylic acids is 1. The molecule has 0 spiro atoms. The van der Waals surface area contributed by atoms with Gasteiger partial charge in [-0.3, -0.25) is 4.79 Å². The van der Waals surface area contributed by atoms with E-state index in [1.165, 1.54) is 0 Å². The lowest BCUT2D eigenvalue weighted by atomic mass is 9.94. The molecule has 0 radical (unpaired) electrons. The highest BCUT2D eigenvalue weighted by Crippen LogP contribution is 2.26. The van der Waals surface area contributed by atoms with Crippen LogP contribution in [0, 0.1) is 0 Å². The molecular formula is C12H15BrN2O. The van der Waals surface area contributed by atoms with Gasteiger partial charge in [-0.15, -0.1) is 0 Å². The number of aromatic nitrogens is 1. The van der Waals surface area contributed by atoms with Gasteiger partial charge in [-0.25, -0.2) is 4.98 Å². The van der Waals surface area contributed by atoms with E-state index in [1.807, 2.05) is 23.1 Å².